The highest BCUT2D eigenvalue weighted by Crippen LogP contribution is 2.43. The van der Waals surface area contributed by atoms with Crippen LogP contribution in [0.4, 0.5) is 4.39 Å². The number of alkyl halides is 1. The Kier molecular flexibility index (Phi) is 2.07. The van der Waals surface area contributed by atoms with Crippen LogP contribution in [0, 0.1) is 0 Å². The van der Waals surface area contributed by atoms with Crippen LogP contribution in [0.1, 0.15) is 24.0 Å². The van der Waals surface area contributed by atoms with Crippen molar-refractivity contribution in [2.75, 3.05) is 6.79 Å². The highest BCUT2D eigenvalue weighted by atomic mass is 19.1. The highest BCUT2D eigenvalue weighted by molar-refractivity contribution is 5.51. The van der Waals surface area contributed by atoms with Gasteiger partial charge in [-0.1, -0.05) is 0 Å². The number of nitrogens with two attached hydrogens (primary N) is 1. The molecule has 1 aliphatic carbocycles. The summed E-state index contributed by atoms with van der Waals surface area (Å²) in [5.41, 5.74) is 7.57. The zero-order valence-electron chi connectivity index (χ0n) is 8.96. The zero-order chi connectivity index (χ0) is 11.2. The normalized spacial score (nSPS) is 19.9. The predicted molar refractivity (Wildman–Crippen MR) is 57.2 cm³/mol. The summed E-state index contributed by atoms with van der Waals surface area (Å²) in [4.78, 5) is 0. The van der Waals surface area contributed by atoms with Gasteiger partial charge in [0.05, 0.1) is 0 Å². The largest absolute Gasteiger partial charge is 0.454 e. The van der Waals surface area contributed by atoms with Crippen molar-refractivity contribution in [3.8, 4) is 11.5 Å². The average Bonchev–Trinajstić information content (AvgIpc) is 2.81. The maximum Gasteiger partial charge on any atom is 0.231 e. The van der Waals surface area contributed by atoms with Gasteiger partial charge in [-0.15, -0.1) is 0 Å². The Hall–Kier alpha value is -1.29. The van der Waals surface area contributed by atoms with Gasteiger partial charge >= 0.3 is 0 Å². The third-order valence-electron chi connectivity index (χ3n) is 3.20. The van der Waals surface area contributed by atoms with Gasteiger partial charge in [0.15, 0.2) is 11.5 Å². The minimum absolute atomic E-state index is 0.103. The van der Waals surface area contributed by atoms with Crippen molar-refractivity contribution in [2.45, 2.75) is 31.5 Å². The van der Waals surface area contributed by atoms with Crippen LogP contribution >= 0.6 is 0 Å². The van der Waals surface area contributed by atoms with Crippen LogP contribution < -0.4 is 15.2 Å². The number of benzene rings is 1. The quantitative estimate of drug-likeness (QED) is 0.851. The van der Waals surface area contributed by atoms with E-state index in [2.05, 4.69) is 0 Å². The molecular formula is C12H14FNO2. The first kappa shape index (κ1) is 9.90. The maximum absolute atomic E-state index is 12.7. The van der Waals surface area contributed by atoms with E-state index in [4.69, 9.17) is 15.2 Å². The lowest BCUT2D eigenvalue weighted by molar-refractivity contribution is 0.173. The molecule has 0 radical (unpaired) electrons. The molecule has 0 unspecified atom stereocenters. The molecule has 3 nitrogen and oxygen atoms in total. The highest BCUT2D eigenvalue weighted by Gasteiger charge is 2.39. The van der Waals surface area contributed by atoms with Gasteiger partial charge in [0.1, 0.15) is 6.67 Å². The minimum atomic E-state index is -0.485. The molecule has 0 atom stereocenters. The number of fused-ring (bicyclic) bond motifs is 1. The lowest BCUT2D eigenvalue weighted by atomic mass is 10.0. The summed E-state index contributed by atoms with van der Waals surface area (Å²) in [7, 11) is 0. The smallest absolute Gasteiger partial charge is 0.231 e. The molecule has 0 spiro atoms. The first-order chi connectivity index (χ1) is 7.70. The summed E-state index contributed by atoms with van der Waals surface area (Å²) in [5, 5.41) is 0. The van der Waals surface area contributed by atoms with Crippen molar-refractivity contribution in [1.82, 2.24) is 0 Å². The first-order valence-corrected chi connectivity index (χ1v) is 5.46. The van der Waals surface area contributed by atoms with Crippen molar-refractivity contribution in [3.05, 3.63) is 23.3 Å². The van der Waals surface area contributed by atoms with Crippen molar-refractivity contribution >= 4 is 0 Å². The second-order valence-electron chi connectivity index (χ2n) is 4.66. The van der Waals surface area contributed by atoms with E-state index in [1.54, 1.807) is 6.07 Å². The standard InChI is InChI=1S/C12H14FNO2/c13-6-8-3-9(5-12(14)1-2-12)11-10(4-8)15-7-16-11/h3-4H,1-2,5-7,14H2. The third-order valence-corrected chi connectivity index (χ3v) is 3.20. The lowest BCUT2D eigenvalue weighted by Gasteiger charge is -2.12. The monoisotopic (exact) mass is 223 g/mol. The summed E-state index contributed by atoms with van der Waals surface area (Å²) in [5.74, 6) is 1.39. The van der Waals surface area contributed by atoms with E-state index in [9.17, 15) is 4.39 Å². The molecule has 0 amide bonds. The molecule has 16 heavy (non-hydrogen) atoms. The van der Waals surface area contributed by atoms with Gasteiger partial charge < -0.3 is 15.2 Å². The zero-order valence-corrected chi connectivity index (χ0v) is 8.96. The number of ether oxygens (including phenoxy) is 2. The molecular weight excluding hydrogens is 209 g/mol. The van der Waals surface area contributed by atoms with Crippen molar-refractivity contribution < 1.29 is 13.9 Å². The molecule has 1 aromatic rings. The van der Waals surface area contributed by atoms with Crippen LogP contribution in [0.3, 0.4) is 0 Å². The predicted octanol–water partition coefficient (Wildman–Crippen LogP) is 1.92. The van der Waals surface area contributed by atoms with E-state index in [0.29, 0.717) is 11.3 Å². The van der Waals surface area contributed by atoms with Crippen LogP contribution in [-0.2, 0) is 13.1 Å². The second kappa shape index (κ2) is 3.35. The number of hydrogen-bond acceptors (Lipinski definition) is 3. The van der Waals surface area contributed by atoms with Crippen LogP contribution in [0.25, 0.3) is 0 Å². The fourth-order valence-corrected chi connectivity index (χ4v) is 2.07. The number of hydrogen-bond donors (Lipinski definition) is 1. The van der Waals surface area contributed by atoms with Gasteiger partial charge in [0.2, 0.25) is 6.79 Å². The Balaban J connectivity index is 1.98. The molecule has 4 heteroatoms. The SMILES string of the molecule is NC1(Cc2cc(CF)cc3c2OCO3)CC1. The van der Waals surface area contributed by atoms with Crippen molar-refractivity contribution in [2.24, 2.45) is 5.73 Å². The van der Waals surface area contributed by atoms with E-state index in [1.165, 1.54) is 0 Å². The topological polar surface area (TPSA) is 44.5 Å². The Morgan fingerprint density at radius 1 is 1.31 bits per heavy atom. The number of halogens is 1. The van der Waals surface area contributed by atoms with E-state index in [-0.39, 0.29) is 12.3 Å². The Bertz CT molecular complexity index is 429. The van der Waals surface area contributed by atoms with Gasteiger partial charge in [0, 0.05) is 11.1 Å². The van der Waals surface area contributed by atoms with E-state index >= 15 is 0 Å². The molecule has 1 fully saturated rings. The summed E-state index contributed by atoms with van der Waals surface area (Å²) >= 11 is 0. The summed E-state index contributed by atoms with van der Waals surface area (Å²) in [6.45, 7) is -0.267. The molecule has 1 aliphatic heterocycles. The summed E-state index contributed by atoms with van der Waals surface area (Å²) < 4.78 is 23.4. The summed E-state index contributed by atoms with van der Waals surface area (Å²) in [6.07, 6.45) is 2.80. The van der Waals surface area contributed by atoms with Gasteiger partial charge in [-0.2, -0.15) is 0 Å². The molecule has 2 N–H and O–H groups in total. The Morgan fingerprint density at radius 2 is 2.12 bits per heavy atom. The molecule has 0 aromatic heterocycles. The van der Waals surface area contributed by atoms with Crippen LogP contribution in [0.15, 0.2) is 12.1 Å². The fourth-order valence-electron chi connectivity index (χ4n) is 2.07. The third kappa shape index (κ3) is 1.63. The molecule has 0 bridgehead atoms. The Labute approximate surface area is 93.3 Å². The molecule has 86 valence electrons. The molecule has 3 rings (SSSR count). The minimum Gasteiger partial charge on any atom is -0.454 e. The molecule has 2 aliphatic rings. The van der Waals surface area contributed by atoms with Gasteiger partial charge in [-0.05, 0) is 37.0 Å². The number of rotatable bonds is 3. The average molecular weight is 223 g/mol. The molecule has 1 heterocycles. The van der Waals surface area contributed by atoms with Crippen LogP contribution in [0.2, 0.25) is 0 Å². The van der Waals surface area contributed by atoms with Crippen LogP contribution in [-0.4, -0.2) is 12.3 Å². The molecule has 1 saturated carbocycles. The van der Waals surface area contributed by atoms with Crippen LogP contribution in [0.5, 0.6) is 11.5 Å². The maximum atomic E-state index is 12.7. The summed E-state index contributed by atoms with van der Waals surface area (Å²) in [6, 6.07) is 3.53. The van der Waals surface area contributed by atoms with Crippen molar-refractivity contribution in [1.29, 1.82) is 0 Å². The first-order valence-electron chi connectivity index (χ1n) is 5.46. The van der Waals surface area contributed by atoms with Crippen molar-refractivity contribution in [3.63, 3.8) is 0 Å². The molecule has 0 saturated heterocycles. The van der Waals surface area contributed by atoms with E-state index < -0.39 is 6.67 Å². The van der Waals surface area contributed by atoms with Gasteiger partial charge in [-0.3, -0.25) is 0 Å². The fraction of sp³-hybridized carbons (Fsp3) is 0.500. The van der Waals surface area contributed by atoms with Gasteiger partial charge in [0.25, 0.3) is 0 Å². The Morgan fingerprint density at radius 3 is 2.81 bits per heavy atom. The van der Waals surface area contributed by atoms with E-state index in [1.807, 2.05) is 6.07 Å². The molecule has 1 aromatic carbocycles. The second-order valence-corrected chi connectivity index (χ2v) is 4.66. The van der Waals surface area contributed by atoms with E-state index in [0.717, 1.165) is 30.6 Å². The van der Waals surface area contributed by atoms with Gasteiger partial charge in [-0.25, -0.2) is 4.39 Å². The lowest BCUT2D eigenvalue weighted by Crippen LogP contribution is -2.24.